The van der Waals surface area contributed by atoms with Gasteiger partial charge < -0.3 is 10.1 Å². The number of benzene rings is 2. The molecule has 0 aliphatic heterocycles. The normalized spacial score (nSPS) is 11.7. The molecule has 0 radical (unpaired) electrons. The van der Waals surface area contributed by atoms with Crippen molar-refractivity contribution in [3.05, 3.63) is 71.3 Å². The first-order valence-corrected chi connectivity index (χ1v) is 7.72. The van der Waals surface area contributed by atoms with Crippen LogP contribution in [0.25, 0.3) is 6.08 Å². The van der Waals surface area contributed by atoms with Gasteiger partial charge in [-0.05, 0) is 24.6 Å². The summed E-state index contributed by atoms with van der Waals surface area (Å²) in [5.41, 5.74) is 1.48. The van der Waals surface area contributed by atoms with E-state index in [0.717, 1.165) is 5.56 Å². The van der Waals surface area contributed by atoms with Gasteiger partial charge >= 0.3 is 0 Å². The summed E-state index contributed by atoms with van der Waals surface area (Å²) < 4.78 is 5.32. The van der Waals surface area contributed by atoms with E-state index in [2.05, 4.69) is 5.32 Å². The lowest BCUT2D eigenvalue weighted by molar-refractivity contribution is -0.117. The number of carbonyl (C=O) groups excluding carboxylic acids is 1. The van der Waals surface area contributed by atoms with Crippen LogP contribution in [0.4, 0.5) is 0 Å². The molecule has 0 aromatic heterocycles. The largest absolute Gasteiger partial charge is 0.478 e. The number of carbonyl (C=O) groups is 1. The predicted molar refractivity (Wildman–Crippen MR) is 94.1 cm³/mol. The molecule has 0 spiro atoms. The number of nitrogens with one attached hydrogen (secondary N) is 1. The number of nitrogens with zero attached hydrogens (tertiary/aromatic N) is 2. The van der Waals surface area contributed by atoms with Gasteiger partial charge in [0.1, 0.15) is 23.5 Å². The average Bonchev–Trinajstić information content (AvgIpc) is 2.65. The molecule has 1 N–H and O–H groups in total. The van der Waals surface area contributed by atoms with Gasteiger partial charge in [-0.2, -0.15) is 10.5 Å². The lowest BCUT2D eigenvalue weighted by Crippen LogP contribution is -2.27. The van der Waals surface area contributed by atoms with Crippen LogP contribution in [-0.4, -0.2) is 12.5 Å². The Bertz CT molecular complexity index is 845. The van der Waals surface area contributed by atoms with Crippen molar-refractivity contribution >= 4 is 12.0 Å². The zero-order valence-electron chi connectivity index (χ0n) is 13.8. The van der Waals surface area contributed by atoms with E-state index in [9.17, 15) is 10.1 Å². The van der Waals surface area contributed by atoms with E-state index in [-0.39, 0.29) is 18.2 Å². The zero-order chi connectivity index (χ0) is 18.1. The molecule has 1 amide bonds. The molecular weight excluding hydrogens is 314 g/mol. The van der Waals surface area contributed by atoms with Crippen molar-refractivity contribution in [2.75, 3.05) is 6.61 Å². The summed E-state index contributed by atoms with van der Waals surface area (Å²) in [6, 6.07) is 20.0. The number of nitriles is 2. The maximum absolute atomic E-state index is 12.4. The summed E-state index contributed by atoms with van der Waals surface area (Å²) in [5, 5.41) is 20.8. The topological polar surface area (TPSA) is 85.9 Å². The lowest BCUT2D eigenvalue weighted by Gasteiger charge is -2.14. The molecule has 0 saturated heterocycles. The first-order chi connectivity index (χ1) is 12.2. The third-order valence-corrected chi connectivity index (χ3v) is 3.52. The first-order valence-electron chi connectivity index (χ1n) is 7.72. The molecule has 0 unspecified atom stereocenters. The number of para-hydroxylation sites is 1. The highest BCUT2D eigenvalue weighted by molar-refractivity contribution is 6.02. The molecule has 1 atom stereocenters. The van der Waals surface area contributed by atoms with Crippen molar-refractivity contribution in [2.45, 2.75) is 13.0 Å². The van der Waals surface area contributed by atoms with Gasteiger partial charge in [0.25, 0.3) is 5.91 Å². The molecule has 25 heavy (non-hydrogen) atoms. The SMILES string of the molecule is C[C@H](NC(=O)/C(C#N)=C/c1ccccc1OCC#N)c1ccccc1. The summed E-state index contributed by atoms with van der Waals surface area (Å²) in [4.78, 5) is 12.4. The van der Waals surface area contributed by atoms with Crippen LogP contribution in [0.5, 0.6) is 5.75 Å². The molecule has 2 aromatic carbocycles. The Kier molecular flexibility index (Phi) is 6.33. The minimum Gasteiger partial charge on any atom is -0.478 e. The second-order valence-electron chi connectivity index (χ2n) is 5.26. The molecule has 0 bridgehead atoms. The Morgan fingerprint density at radius 1 is 1.16 bits per heavy atom. The van der Waals surface area contributed by atoms with Crippen molar-refractivity contribution in [3.8, 4) is 17.9 Å². The summed E-state index contributed by atoms with van der Waals surface area (Å²) in [6.45, 7) is 1.75. The van der Waals surface area contributed by atoms with Crippen molar-refractivity contribution in [2.24, 2.45) is 0 Å². The van der Waals surface area contributed by atoms with Crippen LogP contribution in [0.15, 0.2) is 60.2 Å². The smallest absolute Gasteiger partial charge is 0.262 e. The van der Waals surface area contributed by atoms with Gasteiger partial charge in [0.2, 0.25) is 0 Å². The molecule has 0 fully saturated rings. The van der Waals surface area contributed by atoms with Crippen LogP contribution >= 0.6 is 0 Å². The van der Waals surface area contributed by atoms with E-state index >= 15 is 0 Å². The highest BCUT2D eigenvalue weighted by Gasteiger charge is 2.14. The van der Waals surface area contributed by atoms with Crippen molar-refractivity contribution in [1.82, 2.24) is 5.32 Å². The van der Waals surface area contributed by atoms with Crippen LogP contribution in [0.1, 0.15) is 24.1 Å². The number of hydrogen-bond acceptors (Lipinski definition) is 4. The van der Waals surface area contributed by atoms with Crippen LogP contribution in [0.2, 0.25) is 0 Å². The molecule has 5 heteroatoms. The molecule has 0 aliphatic rings. The highest BCUT2D eigenvalue weighted by atomic mass is 16.5. The van der Waals surface area contributed by atoms with Crippen LogP contribution in [0, 0.1) is 22.7 Å². The Hall–Kier alpha value is -3.57. The first kappa shape index (κ1) is 17.8. The molecule has 124 valence electrons. The molecule has 0 aliphatic carbocycles. The fourth-order valence-corrected chi connectivity index (χ4v) is 2.24. The minimum absolute atomic E-state index is 0.0317. The number of ether oxygens (including phenoxy) is 1. The van der Waals surface area contributed by atoms with Crippen molar-refractivity contribution < 1.29 is 9.53 Å². The van der Waals surface area contributed by atoms with Gasteiger partial charge in [0.15, 0.2) is 6.61 Å². The number of hydrogen-bond donors (Lipinski definition) is 1. The van der Waals surface area contributed by atoms with Crippen molar-refractivity contribution in [3.63, 3.8) is 0 Å². The molecule has 0 saturated carbocycles. The second kappa shape index (κ2) is 8.90. The monoisotopic (exact) mass is 331 g/mol. The Balaban J connectivity index is 2.19. The van der Waals surface area contributed by atoms with E-state index < -0.39 is 5.91 Å². The highest BCUT2D eigenvalue weighted by Crippen LogP contribution is 2.21. The van der Waals surface area contributed by atoms with Gasteiger partial charge in [0, 0.05) is 5.56 Å². The molecule has 2 rings (SSSR count). The van der Waals surface area contributed by atoms with E-state index in [1.165, 1.54) is 6.08 Å². The summed E-state index contributed by atoms with van der Waals surface area (Å²) in [7, 11) is 0. The van der Waals surface area contributed by atoms with Gasteiger partial charge in [-0.25, -0.2) is 0 Å². The molecular formula is C20H17N3O2. The number of rotatable bonds is 6. The van der Waals surface area contributed by atoms with Crippen molar-refractivity contribution in [1.29, 1.82) is 10.5 Å². The molecule has 2 aromatic rings. The van der Waals surface area contributed by atoms with Gasteiger partial charge in [0.05, 0.1) is 6.04 Å². The van der Waals surface area contributed by atoms with Crippen LogP contribution < -0.4 is 10.1 Å². The maximum Gasteiger partial charge on any atom is 0.262 e. The van der Waals surface area contributed by atoms with E-state index in [4.69, 9.17) is 10.00 Å². The van der Waals surface area contributed by atoms with Crippen LogP contribution in [0.3, 0.4) is 0 Å². The van der Waals surface area contributed by atoms with Crippen LogP contribution in [-0.2, 0) is 4.79 Å². The second-order valence-corrected chi connectivity index (χ2v) is 5.26. The maximum atomic E-state index is 12.4. The summed E-state index contributed by atoms with van der Waals surface area (Å²) in [6.07, 6.45) is 1.46. The Labute approximate surface area is 146 Å². The van der Waals surface area contributed by atoms with E-state index in [1.54, 1.807) is 24.3 Å². The summed E-state index contributed by atoms with van der Waals surface area (Å²) in [5.74, 6) is -0.0188. The fraction of sp³-hybridized carbons (Fsp3) is 0.150. The third kappa shape index (κ3) is 4.95. The lowest BCUT2D eigenvalue weighted by atomic mass is 10.1. The van der Waals surface area contributed by atoms with Gasteiger partial charge in [-0.1, -0.05) is 48.5 Å². The Morgan fingerprint density at radius 3 is 2.52 bits per heavy atom. The van der Waals surface area contributed by atoms with E-state index in [1.807, 2.05) is 49.4 Å². The average molecular weight is 331 g/mol. The van der Waals surface area contributed by atoms with Gasteiger partial charge in [-0.3, -0.25) is 4.79 Å². The zero-order valence-corrected chi connectivity index (χ0v) is 13.8. The number of amides is 1. The predicted octanol–water partition coefficient (Wildman–Crippen LogP) is 3.37. The summed E-state index contributed by atoms with van der Waals surface area (Å²) >= 11 is 0. The fourth-order valence-electron chi connectivity index (χ4n) is 2.24. The Morgan fingerprint density at radius 2 is 1.84 bits per heavy atom. The quantitative estimate of drug-likeness (QED) is 0.649. The van der Waals surface area contributed by atoms with Gasteiger partial charge in [-0.15, -0.1) is 0 Å². The van der Waals surface area contributed by atoms with E-state index in [0.29, 0.717) is 11.3 Å². The third-order valence-electron chi connectivity index (χ3n) is 3.52. The molecule has 5 nitrogen and oxygen atoms in total. The minimum atomic E-state index is -0.464. The standard InChI is InChI=1S/C20H17N3O2/c1-15(16-7-3-2-4-8-16)23-20(24)18(14-22)13-17-9-5-6-10-19(17)25-12-11-21/h2-10,13,15H,12H2,1H3,(H,23,24)/b18-13+/t15-/m0/s1. The molecule has 0 heterocycles.